The Kier molecular flexibility index (Phi) is 11.7. The zero-order valence-electron chi connectivity index (χ0n) is 34.5. The van der Waals surface area contributed by atoms with Gasteiger partial charge < -0.3 is 13.7 Å². The third kappa shape index (κ3) is 8.64. The normalized spacial score (nSPS) is 13.6. The molecular formula is C48H37F6N3O6S2. The van der Waals surface area contributed by atoms with Crippen molar-refractivity contribution in [3.05, 3.63) is 161 Å². The van der Waals surface area contributed by atoms with E-state index in [-0.39, 0.29) is 0 Å². The van der Waals surface area contributed by atoms with E-state index in [0.717, 1.165) is 25.9 Å². The number of alkyl halides is 6. The molecule has 0 atom stereocenters. The smallest absolute Gasteiger partial charge is 0.485 e. The van der Waals surface area contributed by atoms with Crippen molar-refractivity contribution in [2.75, 3.05) is 0 Å². The van der Waals surface area contributed by atoms with Crippen LogP contribution in [-0.2, 0) is 46.2 Å². The quantitative estimate of drug-likeness (QED) is 0.0752. The first kappa shape index (κ1) is 45.2. The number of fused-ring (bicyclic) bond motifs is 12. The summed E-state index contributed by atoms with van der Waals surface area (Å²) in [4.78, 5) is 0. The fourth-order valence-electron chi connectivity index (χ4n) is 8.67. The van der Waals surface area contributed by atoms with E-state index in [1.54, 1.807) is 0 Å². The molecule has 0 aliphatic carbocycles. The van der Waals surface area contributed by atoms with Gasteiger partial charge >= 0.3 is 11.0 Å². The number of halogens is 6. The van der Waals surface area contributed by atoms with Gasteiger partial charge in [-0.1, -0.05) is 78.9 Å². The van der Waals surface area contributed by atoms with Crippen LogP contribution in [0, 0.1) is 13.8 Å². The number of rotatable bonds is 3. The van der Waals surface area contributed by atoms with Gasteiger partial charge in [0.05, 0.1) is 27.5 Å². The minimum Gasteiger partial charge on any atom is -0.741 e. The standard InChI is InChI=1S/C46H37N3.2CHF3O3S/c1-30-31(2)37-24-28-48-26-22-34-9-3-4-10-38(34)46(48)45(37)44-36(30)23-27-47-25-21-33(29-43(44)47)16-15-32-17-19-35(20-18-32)49-41-13-7-5-11-39(41)40-12-6-8-14-42(40)49;2*2-1(3,4)8(5,6)7/h3-22,25-26,29H,23-24,27-28H2,1-2H3;2*(H,5,6,7)/q+2;;/p-2. The molecule has 5 heterocycles. The van der Waals surface area contributed by atoms with Crippen LogP contribution in [0.1, 0.15) is 33.4 Å². The molecule has 8 aromatic rings. The number of pyridine rings is 2. The fraction of sp³-hybridized carbons (Fsp3) is 0.167. The number of aromatic nitrogens is 3. The molecule has 0 saturated heterocycles. The molecular weight excluding hydrogens is 893 g/mol. The van der Waals surface area contributed by atoms with Crippen LogP contribution >= 0.6 is 0 Å². The van der Waals surface area contributed by atoms with Crippen molar-refractivity contribution in [3.8, 4) is 28.2 Å². The van der Waals surface area contributed by atoms with Crippen LogP contribution in [0.2, 0.25) is 0 Å². The summed E-state index contributed by atoms with van der Waals surface area (Å²) < 4.78 is 125. The molecule has 10 rings (SSSR count). The third-order valence-corrected chi connectivity index (χ3v) is 12.9. The zero-order chi connectivity index (χ0) is 46.6. The lowest BCUT2D eigenvalue weighted by molar-refractivity contribution is -0.689. The number of benzene rings is 5. The summed E-state index contributed by atoms with van der Waals surface area (Å²) in [5, 5.41) is 5.22. The maximum atomic E-state index is 10.7. The number of hydrogen-bond donors (Lipinski definition) is 0. The number of para-hydroxylation sites is 2. The average molecular weight is 930 g/mol. The predicted octanol–water partition coefficient (Wildman–Crippen LogP) is 9.85. The molecule has 0 spiro atoms. The minimum absolute atomic E-state index is 1.01. The molecule has 0 unspecified atom stereocenters. The summed E-state index contributed by atoms with van der Waals surface area (Å²) in [5.41, 5.74) is 6.32. The largest absolute Gasteiger partial charge is 0.741 e. The molecule has 3 aromatic heterocycles. The van der Waals surface area contributed by atoms with Crippen LogP contribution in [0.5, 0.6) is 0 Å². The summed E-state index contributed by atoms with van der Waals surface area (Å²) in [6.45, 7) is 6.72. The van der Waals surface area contributed by atoms with Crippen molar-refractivity contribution in [2.45, 2.75) is 50.8 Å². The molecule has 0 amide bonds. The topological polar surface area (TPSA) is 127 Å². The van der Waals surface area contributed by atoms with Gasteiger partial charge in [-0.2, -0.15) is 35.5 Å². The highest BCUT2D eigenvalue weighted by molar-refractivity contribution is 7.86. The van der Waals surface area contributed by atoms with Gasteiger partial charge in [-0.3, -0.25) is 0 Å². The van der Waals surface area contributed by atoms with E-state index in [1.165, 1.54) is 94.2 Å². The summed E-state index contributed by atoms with van der Waals surface area (Å²) in [5.74, 6) is 0. The number of hydrogen-bond acceptors (Lipinski definition) is 6. The maximum absolute atomic E-state index is 10.7. The van der Waals surface area contributed by atoms with Gasteiger partial charge in [0.1, 0.15) is 0 Å². The highest BCUT2D eigenvalue weighted by atomic mass is 32.2. The Balaban J connectivity index is 0.000000310. The SMILES string of the molecule is Cc1c(C)c2c(c3c1CC[n+]1ccc(/C=C/c4ccc(-n5c6ccccc6c6ccccc65)cc4)cc1-3)-c1c3ccccc3cc[n+]1CC2.O=S(=O)([O-])C(F)(F)F.O=S(=O)([O-])C(F)(F)F. The number of aryl methyl sites for hydroxylation is 2. The molecule has 0 bridgehead atoms. The highest BCUT2D eigenvalue weighted by Gasteiger charge is 2.39. The zero-order valence-corrected chi connectivity index (χ0v) is 36.1. The monoisotopic (exact) mass is 929 g/mol. The molecule has 65 heavy (non-hydrogen) atoms. The van der Waals surface area contributed by atoms with E-state index in [0.29, 0.717) is 0 Å². The molecule has 334 valence electrons. The van der Waals surface area contributed by atoms with Crippen LogP contribution in [0.25, 0.3) is 72.9 Å². The highest BCUT2D eigenvalue weighted by Crippen LogP contribution is 2.45. The van der Waals surface area contributed by atoms with Gasteiger partial charge in [0.15, 0.2) is 45.7 Å². The first-order valence-electron chi connectivity index (χ1n) is 20.1. The van der Waals surface area contributed by atoms with E-state index < -0.39 is 31.3 Å². The maximum Gasteiger partial charge on any atom is 0.485 e. The summed E-state index contributed by atoms with van der Waals surface area (Å²) in [7, 11) is -12.2. The molecule has 0 saturated carbocycles. The van der Waals surface area contributed by atoms with Gasteiger partial charge in [0.25, 0.3) is 0 Å². The van der Waals surface area contributed by atoms with Gasteiger partial charge in [-0.15, -0.1) is 0 Å². The van der Waals surface area contributed by atoms with E-state index >= 15 is 0 Å². The molecule has 0 N–H and O–H groups in total. The van der Waals surface area contributed by atoms with E-state index in [4.69, 9.17) is 25.9 Å². The molecule has 0 fully saturated rings. The summed E-state index contributed by atoms with van der Waals surface area (Å²) in [6, 6.07) is 42.2. The Morgan fingerprint density at radius 3 is 1.58 bits per heavy atom. The Bertz CT molecular complexity index is 3340. The lowest BCUT2D eigenvalue weighted by atomic mass is 9.79. The van der Waals surface area contributed by atoms with Crippen molar-refractivity contribution in [3.63, 3.8) is 0 Å². The molecule has 2 aliphatic rings. The van der Waals surface area contributed by atoms with Crippen molar-refractivity contribution in [1.29, 1.82) is 0 Å². The van der Waals surface area contributed by atoms with E-state index in [2.05, 4.69) is 167 Å². The second-order valence-corrected chi connectivity index (χ2v) is 18.3. The Labute approximate surface area is 369 Å². The van der Waals surface area contributed by atoms with Crippen molar-refractivity contribution in [2.24, 2.45) is 0 Å². The van der Waals surface area contributed by atoms with Gasteiger partial charge in [0, 0.05) is 47.5 Å². The van der Waals surface area contributed by atoms with Gasteiger partial charge in [0.2, 0.25) is 11.4 Å². The second-order valence-electron chi connectivity index (χ2n) is 15.5. The van der Waals surface area contributed by atoms with E-state index in [9.17, 15) is 26.3 Å². The molecule has 5 aromatic carbocycles. The van der Waals surface area contributed by atoms with Crippen LogP contribution in [-0.4, -0.2) is 41.5 Å². The van der Waals surface area contributed by atoms with E-state index in [1.807, 2.05) is 0 Å². The lowest BCUT2D eigenvalue weighted by Crippen LogP contribution is -2.43. The molecule has 2 aliphatic heterocycles. The van der Waals surface area contributed by atoms with Gasteiger partial charge in [-0.05, 0) is 82.9 Å². The molecule has 9 nitrogen and oxygen atoms in total. The van der Waals surface area contributed by atoms with Crippen molar-refractivity contribution in [1.82, 2.24) is 4.57 Å². The predicted molar refractivity (Wildman–Crippen MR) is 233 cm³/mol. The van der Waals surface area contributed by atoms with Crippen LogP contribution in [0.15, 0.2) is 128 Å². The summed E-state index contributed by atoms with van der Waals surface area (Å²) in [6.07, 6.45) is 11.2. The third-order valence-electron chi connectivity index (χ3n) is 11.8. The minimum atomic E-state index is -6.09. The first-order valence-corrected chi connectivity index (χ1v) is 22.9. The second kappa shape index (κ2) is 16.9. The Morgan fingerprint density at radius 1 is 0.569 bits per heavy atom. The fourth-order valence-corrected chi connectivity index (χ4v) is 8.67. The summed E-state index contributed by atoms with van der Waals surface area (Å²) >= 11 is 0. The van der Waals surface area contributed by atoms with Crippen molar-refractivity contribution < 1.29 is 61.4 Å². The average Bonchev–Trinajstić information content (AvgIpc) is 3.60. The molecule has 17 heteroatoms. The van der Waals surface area contributed by atoms with Crippen LogP contribution < -0.4 is 9.13 Å². The van der Waals surface area contributed by atoms with Gasteiger partial charge in [-0.25, -0.2) is 16.8 Å². The lowest BCUT2D eigenvalue weighted by Gasteiger charge is -2.27. The number of nitrogens with zero attached hydrogens (tertiary/aromatic N) is 3. The van der Waals surface area contributed by atoms with Crippen LogP contribution in [0.3, 0.4) is 0 Å². The Morgan fingerprint density at radius 2 is 1.03 bits per heavy atom. The molecule has 0 radical (unpaired) electrons. The Hall–Kier alpha value is -6.40. The first-order chi connectivity index (χ1) is 30.6. The van der Waals surface area contributed by atoms with Crippen molar-refractivity contribution >= 4 is 65.0 Å². The van der Waals surface area contributed by atoms with Crippen LogP contribution in [0.4, 0.5) is 26.3 Å².